The van der Waals surface area contributed by atoms with E-state index in [1.165, 1.54) is 6.92 Å². The number of ether oxygens (including phenoxy) is 2. The summed E-state index contributed by atoms with van der Waals surface area (Å²) in [6.07, 6.45) is -0.880. The lowest BCUT2D eigenvalue weighted by Crippen LogP contribution is -2.23. The molecule has 0 fully saturated rings. The molecule has 0 aromatic heterocycles. The van der Waals surface area contributed by atoms with Crippen LogP contribution >= 0.6 is 11.6 Å². The van der Waals surface area contributed by atoms with Crippen LogP contribution in [-0.4, -0.2) is 30.1 Å². The molecule has 1 aromatic carbocycles. The van der Waals surface area contributed by atoms with Crippen molar-refractivity contribution in [3.63, 3.8) is 0 Å². The normalized spacial score (nSPS) is 13.2. The summed E-state index contributed by atoms with van der Waals surface area (Å²) in [7, 11) is 1.13. The van der Waals surface area contributed by atoms with Crippen molar-refractivity contribution in [2.45, 2.75) is 20.0 Å². The van der Waals surface area contributed by atoms with Crippen LogP contribution in [0.1, 0.15) is 13.8 Å². The van der Waals surface area contributed by atoms with Gasteiger partial charge in [0.25, 0.3) is 0 Å². The van der Waals surface area contributed by atoms with Crippen molar-refractivity contribution in [3.8, 4) is 5.75 Å². The van der Waals surface area contributed by atoms with Crippen LogP contribution in [0.2, 0.25) is 5.02 Å². The van der Waals surface area contributed by atoms with E-state index in [0.29, 0.717) is 10.8 Å². The molecule has 20 heavy (non-hydrogen) atoms. The second-order valence-electron chi connectivity index (χ2n) is 4.02. The molecule has 0 radical (unpaired) electrons. The lowest BCUT2D eigenvalue weighted by atomic mass is 10.1. The summed E-state index contributed by atoms with van der Waals surface area (Å²) in [5.41, 5.74) is -0.422. The van der Waals surface area contributed by atoms with Gasteiger partial charge < -0.3 is 14.6 Å². The predicted octanol–water partition coefficient (Wildman–Crippen LogP) is 2.68. The fourth-order valence-corrected chi connectivity index (χ4v) is 1.63. The van der Waals surface area contributed by atoms with Crippen LogP contribution < -0.4 is 4.74 Å². The number of ketones is 1. The van der Waals surface area contributed by atoms with E-state index in [9.17, 15) is 14.7 Å². The van der Waals surface area contributed by atoms with Crippen molar-refractivity contribution < 1.29 is 24.2 Å². The molecule has 0 aliphatic heterocycles. The van der Waals surface area contributed by atoms with Crippen LogP contribution in [0.25, 0.3) is 0 Å². The first kappa shape index (κ1) is 16.0. The first-order valence-corrected chi connectivity index (χ1v) is 6.19. The number of hydrogen-bond donors (Lipinski definition) is 1. The maximum atomic E-state index is 11.5. The lowest BCUT2D eigenvalue weighted by molar-refractivity contribution is -0.138. The third kappa shape index (κ3) is 3.99. The SMILES string of the molecule is COC(=O)/C(C(C)=O)=C(/O)C(C)Oc1ccc(Cl)cc1. The highest BCUT2D eigenvalue weighted by Gasteiger charge is 2.25. The summed E-state index contributed by atoms with van der Waals surface area (Å²) in [4.78, 5) is 22.9. The van der Waals surface area contributed by atoms with Crippen molar-refractivity contribution in [1.82, 2.24) is 0 Å². The minimum atomic E-state index is -0.901. The van der Waals surface area contributed by atoms with Crippen molar-refractivity contribution in [2.24, 2.45) is 0 Å². The zero-order valence-electron chi connectivity index (χ0n) is 11.3. The van der Waals surface area contributed by atoms with Crippen molar-refractivity contribution >= 4 is 23.4 Å². The van der Waals surface area contributed by atoms with Crippen LogP contribution in [0, 0.1) is 0 Å². The van der Waals surface area contributed by atoms with Crippen molar-refractivity contribution in [2.75, 3.05) is 7.11 Å². The average molecular weight is 299 g/mol. The quantitative estimate of drug-likeness (QED) is 0.297. The molecule has 0 aliphatic carbocycles. The molecule has 6 heteroatoms. The number of carbonyl (C=O) groups excluding carboxylic acids is 2. The van der Waals surface area contributed by atoms with Gasteiger partial charge in [-0.3, -0.25) is 4.79 Å². The van der Waals surface area contributed by atoms with Crippen molar-refractivity contribution in [1.29, 1.82) is 0 Å². The minimum absolute atomic E-state index is 0.422. The Bertz CT molecular complexity index is 533. The third-order valence-electron chi connectivity index (χ3n) is 2.51. The average Bonchev–Trinajstić information content (AvgIpc) is 2.40. The summed E-state index contributed by atoms with van der Waals surface area (Å²) in [5, 5.41) is 10.5. The van der Waals surface area contributed by atoms with E-state index < -0.39 is 29.2 Å². The lowest BCUT2D eigenvalue weighted by Gasteiger charge is -2.16. The van der Waals surface area contributed by atoms with E-state index in [1.807, 2.05) is 0 Å². The highest BCUT2D eigenvalue weighted by Crippen LogP contribution is 2.20. The van der Waals surface area contributed by atoms with Gasteiger partial charge in [-0.15, -0.1) is 0 Å². The second kappa shape index (κ2) is 6.96. The Kier molecular flexibility index (Phi) is 5.58. The maximum Gasteiger partial charge on any atom is 0.345 e. The van der Waals surface area contributed by atoms with Crippen LogP contribution in [0.3, 0.4) is 0 Å². The molecule has 0 spiro atoms. The van der Waals surface area contributed by atoms with E-state index in [4.69, 9.17) is 16.3 Å². The summed E-state index contributed by atoms with van der Waals surface area (Å²) >= 11 is 5.74. The minimum Gasteiger partial charge on any atom is -0.507 e. The van der Waals surface area contributed by atoms with Gasteiger partial charge in [0.05, 0.1) is 7.11 Å². The van der Waals surface area contributed by atoms with Gasteiger partial charge in [0.1, 0.15) is 11.3 Å². The number of hydrogen-bond acceptors (Lipinski definition) is 5. The molecule has 1 atom stereocenters. The zero-order chi connectivity index (χ0) is 15.3. The molecule has 0 saturated carbocycles. The molecule has 1 rings (SSSR count). The first-order chi connectivity index (χ1) is 9.36. The Morgan fingerprint density at radius 3 is 2.25 bits per heavy atom. The maximum absolute atomic E-state index is 11.5. The fraction of sp³-hybridized carbons (Fsp3) is 0.286. The number of aliphatic hydroxyl groups is 1. The highest BCUT2D eigenvalue weighted by atomic mass is 35.5. The number of carbonyl (C=O) groups is 2. The van der Waals surface area contributed by atoms with Crippen molar-refractivity contribution in [3.05, 3.63) is 40.6 Å². The molecule has 0 bridgehead atoms. The monoisotopic (exact) mass is 298 g/mol. The number of Topliss-reactive ketones (excluding diaryl/α,β-unsaturated/α-hetero) is 1. The molecular formula is C14H15ClO5. The Morgan fingerprint density at radius 1 is 1.25 bits per heavy atom. The van der Waals surface area contributed by atoms with E-state index in [2.05, 4.69) is 4.74 Å². The smallest absolute Gasteiger partial charge is 0.345 e. The molecule has 5 nitrogen and oxygen atoms in total. The van der Waals surface area contributed by atoms with Crippen LogP contribution in [0.15, 0.2) is 35.6 Å². The number of halogens is 1. The van der Waals surface area contributed by atoms with Crippen LogP contribution in [0.5, 0.6) is 5.75 Å². The molecule has 0 aliphatic rings. The van der Waals surface area contributed by atoms with E-state index in [-0.39, 0.29) is 0 Å². The topological polar surface area (TPSA) is 72.8 Å². The zero-order valence-corrected chi connectivity index (χ0v) is 12.1. The molecule has 0 heterocycles. The first-order valence-electron chi connectivity index (χ1n) is 5.81. The number of benzene rings is 1. The summed E-state index contributed by atoms with van der Waals surface area (Å²) < 4.78 is 9.89. The molecule has 0 saturated heterocycles. The van der Waals surface area contributed by atoms with E-state index >= 15 is 0 Å². The largest absolute Gasteiger partial charge is 0.507 e. The molecule has 1 unspecified atom stereocenters. The summed E-state index contributed by atoms with van der Waals surface area (Å²) in [6, 6.07) is 6.46. The number of methoxy groups -OCH3 is 1. The number of aliphatic hydroxyl groups excluding tert-OH is 1. The Labute approximate surface area is 121 Å². The highest BCUT2D eigenvalue weighted by molar-refractivity contribution is 6.30. The third-order valence-corrected chi connectivity index (χ3v) is 2.76. The number of esters is 1. The van der Waals surface area contributed by atoms with Gasteiger partial charge in [-0.2, -0.15) is 0 Å². The standard InChI is InChI=1S/C14H15ClO5/c1-8(16)12(14(18)19-3)13(17)9(2)20-11-6-4-10(15)5-7-11/h4-7,9,17H,1-3H3/b13-12+. The summed E-state index contributed by atoms with van der Waals surface area (Å²) in [6.45, 7) is 2.67. The van der Waals surface area contributed by atoms with Crippen LogP contribution in [0.4, 0.5) is 0 Å². The van der Waals surface area contributed by atoms with Crippen LogP contribution in [-0.2, 0) is 14.3 Å². The Morgan fingerprint density at radius 2 is 1.80 bits per heavy atom. The van der Waals surface area contributed by atoms with Gasteiger partial charge in [0.2, 0.25) is 0 Å². The molecule has 0 amide bonds. The molecule has 1 N–H and O–H groups in total. The summed E-state index contributed by atoms with van der Waals surface area (Å²) in [5.74, 6) is -1.53. The predicted molar refractivity (Wildman–Crippen MR) is 73.9 cm³/mol. The molecular weight excluding hydrogens is 284 g/mol. The second-order valence-corrected chi connectivity index (χ2v) is 4.46. The van der Waals surface area contributed by atoms with E-state index in [0.717, 1.165) is 14.0 Å². The van der Waals surface area contributed by atoms with Gasteiger partial charge in [-0.1, -0.05) is 11.6 Å². The molecule has 108 valence electrons. The van der Waals surface area contributed by atoms with Gasteiger partial charge in [-0.25, -0.2) is 4.79 Å². The number of rotatable bonds is 5. The van der Waals surface area contributed by atoms with E-state index in [1.54, 1.807) is 24.3 Å². The van der Waals surface area contributed by atoms with Gasteiger partial charge >= 0.3 is 5.97 Å². The van der Waals surface area contributed by atoms with Gasteiger partial charge in [-0.05, 0) is 38.1 Å². The van der Waals surface area contributed by atoms with Gasteiger partial charge in [0, 0.05) is 5.02 Å². The fourth-order valence-electron chi connectivity index (χ4n) is 1.51. The Balaban J connectivity index is 2.98. The molecule has 1 aromatic rings. The Hall–Kier alpha value is -2.01. The van der Waals surface area contributed by atoms with Gasteiger partial charge in [0.15, 0.2) is 17.6 Å².